The molecule has 0 aromatic carbocycles. The third-order valence-electron chi connectivity index (χ3n) is 18.7. The Bertz CT molecular complexity index is 2480. The van der Waals surface area contributed by atoms with Gasteiger partial charge in [-0.1, -0.05) is 0 Å². The van der Waals surface area contributed by atoms with Gasteiger partial charge in [-0.3, -0.25) is 0 Å². The van der Waals surface area contributed by atoms with Gasteiger partial charge >= 0.3 is 207 Å². The van der Waals surface area contributed by atoms with Crippen molar-refractivity contribution >= 4 is 118 Å². The van der Waals surface area contributed by atoms with Crippen LogP contribution < -0.4 is 243 Å². The van der Waals surface area contributed by atoms with Crippen LogP contribution in [0, 0.1) is 0 Å². The summed E-state index contributed by atoms with van der Waals surface area (Å²) in [6.07, 6.45) is -74.2. The number of thioether (sulfide) groups is 7. The number of hydrogen-bond donors (Lipinski definition) is 14. The summed E-state index contributed by atoms with van der Waals surface area (Å²) in [6, 6.07) is 0. The molecule has 21 heterocycles. The van der Waals surface area contributed by atoms with Gasteiger partial charge in [-0.2, -0.15) is 82.3 Å². The van der Waals surface area contributed by atoms with E-state index in [0.29, 0.717) is 0 Å². The van der Waals surface area contributed by atoms with Crippen molar-refractivity contribution in [2.24, 2.45) is 0 Å². The molecule has 21 saturated heterocycles. The van der Waals surface area contributed by atoms with E-state index in [1.807, 2.05) is 0 Å². The molecule has 644 valence electrons. The Morgan fingerprint density at radius 3 is 0.437 bits per heavy atom. The summed E-state index contributed by atoms with van der Waals surface area (Å²) in [5.74, 6) is -13.1. The number of ether oxygens (including phenoxy) is 14. The summed E-state index contributed by atoms with van der Waals surface area (Å²) in [6.45, 7) is 3.36. The number of carbonyl (C=O) groups is 6. The number of allylic oxidation sites excluding steroid dienone is 1. The van der Waals surface area contributed by atoms with Crippen LogP contribution in [0.1, 0.15) is 44.9 Å². The van der Waals surface area contributed by atoms with Crippen molar-refractivity contribution < 1.29 is 409 Å². The van der Waals surface area contributed by atoms with Gasteiger partial charge in [-0.05, 0) is 85.2 Å². The first-order valence-corrected chi connectivity index (χ1v) is 43.5. The second-order valence-electron chi connectivity index (χ2n) is 26.9. The average Bonchev–Trinajstić information content (AvgIpc) is 0.812. The maximum absolute atomic E-state index is 12.2. The molecule has 21 fully saturated rings. The molecule has 41 nitrogen and oxygen atoms in total. The topological polar surface area (TPSA) is 676 Å². The standard InChI is InChI=1S/C64H100O41S7.7Na/c1-23(65)2-9-106-16-24-51-37(78)44(85)58(92-24)100-52-25(17-107-10-3-31(66)67)94-60(46(87)39(52)80)102-54-27(19-109-12-5-33(70)71)96-62(48(89)41(54)82)104-56-29(21-111-14-7-35(74)75)98-64(50(91)43(56)84)105-57-30(22-112-15-8-36(76)77)97-63(49(90)42(57)83)103-55-28(20-110-13-6-34(72)73)95-61(47(88)40(55)81)101-53-26(18-108-11-4-32(68)69)93-59(99-51)45(86)38(53)79;;;;;;;/h24-30,37-65,78-91H,1-22H2,(H,66,67)(H,68,69)(H,70,71)(H,72,73)(H,74,75)(H,76,77);;;;;;;/q;7*+1/p-7/t24?,25?,26?,27?,28?,29?,30?,37?,38?,39?,40?,41?,42?,43?,44?,45?,46?,47?,48?,49?,50?,51-,52-,53-,54-,55-,56-,57-,58-,59-,60+,61-,62-,63-,64-;;;;;;;/m1......./s1. The zero-order chi connectivity index (χ0) is 81.9. The SMILES string of the molecule is C=C([O-])CCSCC1O[C@@H]2O[C@@H]3C(CSCCC(=O)[O-])O[C@@H](O[C@@H]4C(CSCCC(=O)[O-])O[C@H](O[C@@H]5C(CSCCC(=O)[O-])O[C@H](O[C@@H]6C(CSCCC(=O)[O-])O[C@H](O[C@@H]7C(CSCCC(=O)[O-])O[C@H](O[C@@H]8C(CSCCC(=O)[O-])O[C@H](O[C@H]1C(O)C2O)C(O)C8O)C(O)C7O)C(O)C6O)C(O)C5O)C(O)C4O)C(O)C3O.[Na+].[Na+].[Na+].[Na+].[Na+].[Na+].[Na+]. The van der Waals surface area contributed by atoms with Crippen LogP contribution in [0.5, 0.6) is 0 Å². The number of carbonyl (C=O) groups excluding carboxylic acids is 6. The van der Waals surface area contributed by atoms with E-state index < -0.39 is 295 Å². The minimum atomic E-state index is -2.30. The monoisotopic (exact) mass is 1900 g/mol. The van der Waals surface area contributed by atoms with Crippen molar-refractivity contribution in [3.05, 3.63) is 12.3 Å². The zero-order valence-electron chi connectivity index (χ0n) is 66.4. The summed E-state index contributed by atoms with van der Waals surface area (Å²) in [5, 5.41) is 251. The summed E-state index contributed by atoms with van der Waals surface area (Å²) < 4.78 is 87.1. The van der Waals surface area contributed by atoms with E-state index in [9.17, 15) is 136 Å². The molecule has 0 amide bonds. The number of carboxylic acid groups (broad SMARTS) is 6. The van der Waals surface area contributed by atoms with Gasteiger partial charge in [0.15, 0.2) is 44.0 Å². The molecule has 0 saturated carbocycles. The van der Waals surface area contributed by atoms with Crippen molar-refractivity contribution in [3.63, 3.8) is 0 Å². The van der Waals surface area contributed by atoms with Gasteiger partial charge in [0.1, 0.15) is 128 Å². The largest absolute Gasteiger partial charge is 1.00 e. The second kappa shape index (κ2) is 60.9. The Morgan fingerprint density at radius 2 is 0.328 bits per heavy atom. The van der Waals surface area contributed by atoms with Crippen molar-refractivity contribution in [1.82, 2.24) is 0 Å². The number of carboxylic acids is 6. The molecule has 21 rings (SSSR count). The van der Waals surface area contributed by atoms with Crippen molar-refractivity contribution in [2.75, 3.05) is 80.5 Å². The van der Waals surface area contributed by atoms with Crippen LogP contribution in [0.25, 0.3) is 0 Å². The predicted octanol–water partition coefficient (Wildman–Crippen LogP) is -35.9. The number of aliphatic hydroxyl groups excluding tert-OH is 14. The number of aliphatic hydroxyl groups is 14. The minimum Gasteiger partial charge on any atom is -0.876 e. The molecule has 0 spiro atoms. The number of rotatable bonds is 35. The van der Waals surface area contributed by atoms with E-state index in [0.717, 1.165) is 82.3 Å². The predicted molar refractivity (Wildman–Crippen MR) is 372 cm³/mol. The molecule has 55 heteroatoms. The first-order chi connectivity index (χ1) is 53.1. The number of hydrogen-bond acceptors (Lipinski definition) is 48. The van der Waals surface area contributed by atoms with Crippen LogP contribution in [-0.2, 0) is 95.1 Å². The Labute approximate surface area is 868 Å². The molecular weight excluding hydrogens is 1810 g/mol. The molecule has 35 atom stereocenters. The smallest absolute Gasteiger partial charge is 0.876 e. The van der Waals surface area contributed by atoms with Crippen molar-refractivity contribution in [1.29, 1.82) is 0 Å². The summed E-state index contributed by atoms with van der Waals surface area (Å²) >= 11 is 6.16. The Kier molecular flexibility index (Phi) is 62.3. The van der Waals surface area contributed by atoms with Crippen LogP contribution in [0.4, 0.5) is 0 Å². The quantitative estimate of drug-likeness (QED) is 0.0159. The average molecular weight is 1900 g/mol. The maximum atomic E-state index is 12.2. The van der Waals surface area contributed by atoms with Gasteiger partial charge in [0.25, 0.3) is 0 Å². The van der Waals surface area contributed by atoms with E-state index in [-0.39, 0.29) is 294 Å². The van der Waals surface area contributed by atoms with Crippen LogP contribution in [-0.4, -0.2) is 403 Å². The fourth-order valence-electron chi connectivity index (χ4n) is 12.8. The summed E-state index contributed by atoms with van der Waals surface area (Å²) in [5.41, 5.74) is 0. The third kappa shape index (κ3) is 36.4. The van der Waals surface area contributed by atoms with Crippen LogP contribution >= 0.6 is 82.3 Å². The minimum absolute atomic E-state index is 0. The molecule has 21 aliphatic heterocycles. The van der Waals surface area contributed by atoms with Crippen molar-refractivity contribution in [3.8, 4) is 0 Å². The zero-order valence-corrected chi connectivity index (χ0v) is 86.1. The fraction of sp³-hybridized carbons (Fsp3) is 0.875. The van der Waals surface area contributed by atoms with Gasteiger partial charge in [0, 0.05) is 76.1 Å². The molecule has 0 aliphatic carbocycles. The molecule has 14 bridgehead atoms. The van der Waals surface area contributed by atoms with Crippen LogP contribution in [0.3, 0.4) is 0 Å². The van der Waals surface area contributed by atoms with E-state index in [1.165, 1.54) is 0 Å². The molecule has 119 heavy (non-hydrogen) atoms. The molecule has 14 N–H and O–H groups in total. The van der Waals surface area contributed by atoms with Gasteiger partial charge < -0.3 is 202 Å². The Hall–Kier alpha value is 4.69. The van der Waals surface area contributed by atoms with E-state index in [4.69, 9.17) is 66.3 Å². The molecule has 21 aliphatic rings. The van der Waals surface area contributed by atoms with Gasteiger partial charge in [0.2, 0.25) is 0 Å². The molecular formula is C64H93Na7O41S7. The van der Waals surface area contributed by atoms with Crippen LogP contribution in [0.2, 0.25) is 0 Å². The number of aliphatic carboxylic acids is 6. The van der Waals surface area contributed by atoms with E-state index >= 15 is 0 Å². The van der Waals surface area contributed by atoms with Gasteiger partial charge in [-0.15, -0.1) is 12.3 Å². The normalized spacial score (nSPS) is 39.1. The van der Waals surface area contributed by atoms with Gasteiger partial charge in [-0.25, -0.2) is 0 Å². The molecule has 0 radical (unpaired) electrons. The van der Waals surface area contributed by atoms with E-state index in [2.05, 4.69) is 6.58 Å². The molecule has 0 aromatic rings. The molecule has 0 aromatic heterocycles. The first kappa shape index (κ1) is 122. The van der Waals surface area contributed by atoms with E-state index in [1.54, 1.807) is 0 Å². The second-order valence-corrected chi connectivity index (χ2v) is 35.0. The summed E-state index contributed by atoms with van der Waals surface area (Å²) in [4.78, 5) is 69.5. The third-order valence-corrected chi connectivity index (χ3v) is 26.1. The van der Waals surface area contributed by atoms with Gasteiger partial charge in [0.05, 0.1) is 42.7 Å². The first-order valence-electron chi connectivity index (χ1n) is 35.4. The van der Waals surface area contributed by atoms with Crippen LogP contribution in [0.15, 0.2) is 12.3 Å². The Morgan fingerprint density at radius 1 is 0.210 bits per heavy atom. The van der Waals surface area contributed by atoms with Crippen molar-refractivity contribution in [2.45, 2.75) is 260 Å². The maximum Gasteiger partial charge on any atom is 1.00 e. The summed E-state index contributed by atoms with van der Waals surface area (Å²) in [7, 11) is 0. The molecule has 21 unspecified atom stereocenters. The fourth-order valence-corrected chi connectivity index (χ4v) is 19.8. The Balaban J connectivity index is 0.0000101.